The Morgan fingerprint density at radius 3 is 2.79 bits per heavy atom. The normalized spacial score (nSPS) is 19.5. The number of aromatic nitrogens is 5. The predicted octanol–water partition coefficient (Wildman–Crippen LogP) is 4.95. The SMILES string of the molecule is CCc1ccc2[nH]c(=O)c([C@@H](c3nnnn3C3CCCCC3)N(Cc3ccco3)C[C@@H]3CCCO3)cc2c1. The van der Waals surface area contributed by atoms with Crippen LogP contribution in [0.2, 0.25) is 0 Å². The molecular formula is C29H36N6O3. The van der Waals surface area contributed by atoms with Gasteiger partial charge in [0.2, 0.25) is 0 Å². The van der Waals surface area contributed by atoms with E-state index in [-0.39, 0.29) is 17.7 Å². The zero-order valence-corrected chi connectivity index (χ0v) is 22.0. The van der Waals surface area contributed by atoms with E-state index < -0.39 is 6.04 Å². The van der Waals surface area contributed by atoms with Crippen LogP contribution in [0.15, 0.2) is 51.9 Å². The lowest BCUT2D eigenvalue weighted by atomic mass is 9.95. The molecule has 1 saturated heterocycles. The first-order valence-electron chi connectivity index (χ1n) is 14.0. The first-order valence-corrected chi connectivity index (χ1v) is 14.0. The van der Waals surface area contributed by atoms with Crippen LogP contribution in [-0.2, 0) is 17.7 Å². The highest BCUT2D eigenvalue weighted by Crippen LogP contribution is 2.34. The van der Waals surface area contributed by atoms with Gasteiger partial charge in [0.05, 0.1) is 25.0 Å². The van der Waals surface area contributed by atoms with Gasteiger partial charge in [-0.2, -0.15) is 0 Å². The Labute approximate surface area is 222 Å². The molecule has 0 spiro atoms. The minimum absolute atomic E-state index is 0.0812. The number of benzene rings is 1. The smallest absolute Gasteiger partial charge is 0.253 e. The summed E-state index contributed by atoms with van der Waals surface area (Å²) in [7, 11) is 0. The van der Waals surface area contributed by atoms with Crippen molar-refractivity contribution in [3.63, 3.8) is 0 Å². The van der Waals surface area contributed by atoms with Gasteiger partial charge in [-0.25, -0.2) is 4.68 Å². The molecule has 0 unspecified atom stereocenters. The van der Waals surface area contributed by atoms with Gasteiger partial charge in [0.15, 0.2) is 5.82 Å². The molecular weight excluding hydrogens is 480 g/mol. The summed E-state index contributed by atoms with van der Waals surface area (Å²) in [6, 6.07) is 11.9. The number of aromatic amines is 1. The molecule has 4 aromatic rings. The summed E-state index contributed by atoms with van der Waals surface area (Å²) in [6.07, 6.45) is 10.4. The molecule has 1 aromatic carbocycles. The van der Waals surface area contributed by atoms with E-state index in [1.54, 1.807) is 6.26 Å². The summed E-state index contributed by atoms with van der Waals surface area (Å²) in [5.74, 6) is 1.54. The highest BCUT2D eigenvalue weighted by Gasteiger charge is 2.35. The van der Waals surface area contributed by atoms with E-state index in [1.165, 1.54) is 12.0 Å². The van der Waals surface area contributed by atoms with Gasteiger partial charge in [0.1, 0.15) is 11.8 Å². The van der Waals surface area contributed by atoms with Crippen LogP contribution in [0.3, 0.4) is 0 Å². The Morgan fingerprint density at radius 1 is 1.13 bits per heavy atom. The Bertz CT molecular complexity index is 1400. The summed E-state index contributed by atoms with van der Waals surface area (Å²) >= 11 is 0. The lowest BCUT2D eigenvalue weighted by Gasteiger charge is -2.33. The number of pyridine rings is 1. The molecule has 0 bridgehead atoms. The van der Waals surface area contributed by atoms with E-state index in [9.17, 15) is 4.79 Å². The van der Waals surface area contributed by atoms with E-state index in [0.717, 1.165) is 68.2 Å². The molecule has 0 radical (unpaired) electrons. The molecule has 2 fully saturated rings. The van der Waals surface area contributed by atoms with Crippen LogP contribution in [-0.4, -0.2) is 49.3 Å². The van der Waals surface area contributed by atoms with Gasteiger partial charge in [0.25, 0.3) is 5.56 Å². The van der Waals surface area contributed by atoms with Gasteiger partial charge in [0, 0.05) is 24.2 Å². The molecule has 9 heteroatoms. The Morgan fingerprint density at radius 2 is 2.03 bits per heavy atom. The zero-order chi connectivity index (χ0) is 25.9. The molecule has 9 nitrogen and oxygen atoms in total. The number of nitrogens with zero attached hydrogens (tertiary/aromatic N) is 5. The maximum atomic E-state index is 13.7. The number of H-pyrrole nitrogens is 1. The maximum absolute atomic E-state index is 13.7. The van der Waals surface area contributed by atoms with Crippen molar-refractivity contribution in [1.82, 2.24) is 30.1 Å². The van der Waals surface area contributed by atoms with Crippen molar-refractivity contribution in [2.45, 2.75) is 83.0 Å². The fourth-order valence-electron chi connectivity index (χ4n) is 6.08. The first-order chi connectivity index (χ1) is 18.7. The largest absolute Gasteiger partial charge is 0.468 e. The van der Waals surface area contributed by atoms with Crippen molar-refractivity contribution in [3.8, 4) is 0 Å². The van der Waals surface area contributed by atoms with Gasteiger partial charge in [-0.1, -0.05) is 32.3 Å². The third-order valence-corrected chi connectivity index (χ3v) is 8.09. The van der Waals surface area contributed by atoms with Crippen molar-refractivity contribution in [1.29, 1.82) is 0 Å². The van der Waals surface area contributed by atoms with Crippen LogP contribution in [0.4, 0.5) is 0 Å². The van der Waals surface area contributed by atoms with Crippen LogP contribution in [0, 0.1) is 0 Å². The number of hydrogen-bond donors (Lipinski definition) is 1. The number of aryl methyl sites for hydroxylation is 1. The van der Waals surface area contributed by atoms with E-state index in [0.29, 0.717) is 24.5 Å². The van der Waals surface area contributed by atoms with Crippen LogP contribution in [0.25, 0.3) is 10.9 Å². The third kappa shape index (κ3) is 5.17. The van der Waals surface area contributed by atoms with E-state index in [2.05, 4.69) is 44.5 Å². The molecule has 1 aliphatic carbocycles. The third-order valence-electron chi connectivity index (χ3n) is 8.09. The van der Waals surface area contributed by atoms with Gasteiger partial charge >= 0.3 is 0 Å². The number of nitrogens with one attached hydrogen (secondary N) is 1. The number of tetrazole rings is 1. The summed E-state index contributed by atoms with van der Waals surface area (Å²) in [6.45, 7) is 4.07. The van der Waals surface area contributed by atoms with Crippen molar-refractivity contribution < 1.29 is 9.15 Å². The lowest BCUT2D eigenvalue weighted by Crippen LogP contribution is -2.39. The Kier molecular flexibility index (Phi) is 7.38. The molecule has 200 valence electrons. The van der Waals surface area contributed by atoms with Gasteiger partial charge in [-0.05, 0) is 83.8 Å². The van der Waals surface area contributed by atoms with Crippen LogP contribution in [0.1, 0.15) is 86.7 Å². The van der Waals surface area contributed by atoms with Crippen molar-refractivity contribution >= 4 is 10.9 Å². The van der Waals surface area contributed by atoms with Crippen molar-refractivity contribution in [2.75, 3.05) is 13.2 Å². The standard InChI is InChI=1S/C29H36N6O3/c1-2-20-12-13-26-21(16-20)17-25(29(36)30-26)27(28-31-32-33-35(28)22-8-4-3-5-9-22)34(18-23-10-6-14-37-23)19-24-11-7-15-38-24/h6,10,12-14,16-17,22,24,27H,2-5,7-9,11,15,18-19H2,1H3,(H,30,36)/t24-,27-/m0/s1. The Balaban J connectivity index is 1.50. The summed E-state index contributed by atoms with van der Waals surface area (Å²) in [4.78, 5) is 19.1. The number of fused-ring (bicyclic) bond motifs is 1. The topological polar surface area (TPSA) is 102 Å². The van der Waals surface area contributed by atoms with E-state index in [1.807, 2.05) is 28.9 Å². The van der Waals surface area contributed by atoms with E-state index >= 15 is 0 Å². The Hall–Kier alpha value is -3.30. The molecule has 38 heavy (non-hydrogen) atoms. The van der Waals surface area contributed by atoms with Gasteiger partial charge < -0.3 is 14.1 Å². The molecule has 2 aliphatic rings. The molecule has 3 aromatic heterocycles. The highest BCUT2D eigenvalue weighted by atomic mass is 16.5. The first kappa shape index (κ1) is 25.0. The van der Waals surface area contributed by atoms with Crippen molar-refractivity contribution in [2.24, 2.45) is 0 Å². The van der Waals surface area contributed by atoms with Gasteiger partial charge in [-0.15, -0.1) is 5.10 Å². The summed E-state index contributed by atoms with van der Waals surface area (Å²) < 4.78 is 13.8. The van der Waals surface area contributed by atoms with E-state index in [4.69, 9.17) is 9.15 Å². The van der Waals surface area contributed by atoms with Gasteiger partial charge in [-0.3, -0.25) is 9.69 Å². The quantitative estimate of drug-likeness (QED) is 0.336. The minimum Gasteiger partial charge on any atom is -0.468 e. The molecule has 1 aliphatic heterocycles. The van der Waals surface area contributed by atoms with Crippen LogP contribution < -0.4 is 5.56 Å². The molecule has 1 saturated carbocycles. The predicted molar refractivity (Wildman–Crippen MR) is 144 cm³/mol. The summed E-state index contributed by atoms with van der Waals surface area (Å²) in [5, 5.41) is 14.2. The fourth-order valence-corrected chi connectivity index (χ4v) is 6.08. The highest BCUT2D eigenvalue weighted by molar-refractivity contribution is 5.80. The summed E-state index contributed by atoms with van der Waals surface area (Å²) in [5.41, 5.74) is 2.58. The lowest BCUT2D eigenvalue weighted by molar-refractivity contribution is 0.0539. The average molecular weight is 517 g/mol. The monoisotopic (exact) mass is 516 g/mol. The fraction of sp³-hybridized carbons (Fsp3) is 0.517. The van der Waals surface area contributed by atoms with Crippen molar-refractivity contribution in [3.05, 3.63) is 75.7 Å². The zero-order valence-electron chi connectivity index (χ0n) is 22.0. The number of furan rings is 1. The molecule has 6 rings (SSSR count). The molecule has 2 atom stereocenters. The number of rotatable bonds is 9. The number of hydrogen-bond acceptors (Lipinski definition) is 7. The second kappa shape index (κ2) is 11.2. The molecule has 0 amide bonds. The maximum Gasteiger partial charge on any atom is 0.253 e. The van der Waals surface area contributed by atoms with Crippen LogP contribution >= 0.6 is 0 Å². The number of ether oxygens (including phenoxy) is 1. The second-order valence-electron chi connectivity index (χ2n) is 10.6. The van der Waals surface area contributed by atoms with Crippen LogP contribution in [0.5, 0.6) is 0 Å². The molecule has 4 heterocycles. The average Bonchev–Trinajstić information content (AvgIpc) is 3.73. The second-order valence-corrected chi connectivity index (χ2v) is 10.6. The molecule has 1 N–H and O–H groups in total. The minimum atomic E-state index is -0.459.